The van der Waals surface area contributed by atoms with Crippen LogP contribution in [0.2, 0.25) is 0 Å². The van der Waals surface area contributed by atoms with Crippen molar-refractivity contribution in [2.75, 3.05) is 67.8 Å². The summed E-state index contributed by atoms with van der Waals surface area (Å²) in [5.74, 6) is -6.50. The van der Waals surface area contributed by atoms with Crippen LogP contribution in [0.5, 0.6) is 0 Å². The van der Waals surface area contributed by atoms with E-state index in [1.165, 1.54) is 55.9 Å². The summed E-state index contributed by atoms with van der Waals surface area (Å²) < 4.78 is 70.3. The lowest BCUT2D eigenvalue weighted by Crippen LogP contribution is -2.53. The van der Waals surface area contributed by atoms with E-state index < -0.39 is 115 Å². The lowest BCUT2D eigenvalue weighted by molar-refractivity contribution is -0.172. The van der Waals surface area contributed by atoms with Crippen molar-refractivity contribution in [2.45, 2.75) is 184 Å². The van der Waals surface area contributed by atoms with Crippen LogP contribution in [0.25, 0.3) is 0 Å². The highest BCUT2D eigenvalue weighted by Crippen LogP contribution is 2.37. The van der Waals surface area contributed by atoms with Crippen molar-refractivity contribution in [1.82, 2.24) is 20.0 Å². The Labute approximate surface area is 516 Å². The molecule has 0 aromatic heterocycles. The van der Waals surface area contributed by atoms with E-state index in [2.05, 4.69) is 5.32 Å². The summed E-state index contributed by atoms with van der Waals surface area (Å²) in [5, 5.41) is 2.79. The molecule has 2 saturated carbocycles. The topological polar surface area (TPSA) is 223 Å². The van der Waals surface area contributed by atoms with E-state index in [0.29, 0.717) is 43.5 Å². The van der Waals surface area contributed by atoms with Gasteiger partial charge in [0, 0.05) is 73.3 Å². The maximum atomic E-state index is 15.9. The number of halogens is 2. The highest BCUT2D eigenvalue weighted by atomic mass is 19.1. The molecule has 482 valence electrons. The Hall–Kier alpha value is -6.84. The Kier molecular flexibility index (Phi) is 25.0. The van der Waals surface area contributed by atoms with Gasteiger partial charge >= 0.3 is 29.8 Å². The van der Waals surface area contributed by atoms with E-state index >= 15 is 4.39 Å². The Morgan fingerprint density at radius 1 is 0.523 bits per heavy atom. The number of nitrogens with zero attached hydrogens (tertiary/aromatic N) is 3. The molecule has 3 aromatic carbocycles. The van der Waals surface area contributed by atoms with Gasteiger partial charge in [-0.3, -0.25) is 19.2 Å². The molecule has 1 N–H and O–H groups in total. The molecule has 0 spiro atoms. The second-order valence-corrected chi connectivity index (χ2v) is 25.4. The SMILES string of the molecule is CN[C@@H](CC(C)(C)F)C(=O)O[C@H](Cc1ccc(C2CCOCC2)cc1)C(=O)N(C)[C@@H](CC1CC1)C(=O)OCC(=O)N(C)[C@@H](CC(C)(C)F)C(=O)O[C@H](Cc1ccc(C2CCOCC2)cc1)C(=O)N(C)[C@@H](CC1CC1)C(=O)OCC(=O)OCc1ccccc1. The number of esters is 5. The average molecular weight is 1230 g/mol. The van der Waals surface area contributed by atoms with Gasteiger partial charge in [-0.05, 0) is 125 Å². The van der Waals surface area contributed by atoms with Crippen LogP contribution in [-0.2, 0) is 91.0 Å². The first-order valence-corrected chi connectivity index (χ1v) is 31.0. The van der Waals surface area contributed by atoms with Crippen molar-refractivity contribution in [1.29, 1.82) is 0 Å². The molecular weight excluding hydrogens is 1140 g/mol. The minimum atomic E-state index is -2.10. The highest BCUT2D eigenvalue weighted by Gasteiger charge is 2.43. The molecule has 88 heavy (non-hydrogen) atoms. The number of likely N-dealkylation sites (N-methyl/N-ethyl adjacent to an activating group) is 4. The number of carbonyl (C=O) groups is 8. The molecule has 3 aromatic rings. The molecule has 0 radical (unpaired) electrons. The van der Waals surface area contributed by atoms with E-state index in [1.807, 2.05) is 54.6 Å². The van der Waals surface area contributed by atoms with Gasteiger partial charge in [0.1, 0.15) is 42.1 Å². The Morgan fingerprint density at radius 3 is 1.38 bits per heavy atom. The molecule has 2 aliphatic heterocycles. The summed E-state index contributed by atoms with van der Waals surface area (Å²) in [7, 11) is 5.46. The molecule has 2 saturated heterocycles. The third-order valence-corrected chi connectivity index (χ3v) is 17.0. The van der Waals surface area contributed by atoms with Crippen LogP contribution in [-0.4, -0.2) is 178 Å². The van der Waals surface area contributed by atoms with E-state index in [-0.39, 0.29) is 56.5 Å². The standard InChI is InChI=1S/C67H90F2N4O15/c1-66(2,68)38-52(70-5)62(78)87-56(36-45-18-22-48(23-19-45)50-26-30-82-31-27-50)60(76)72(7)53(34-43-14-15-43)63(79)85-41-58(74)71(6)55(39-67(3,4)69)65(81)88-57(37-46-20-24-49(25-21-46)51-28-32-83-33-29-51)61(77)73(8)54(35-44-16-17-44)64(80)86-42-59(75)84-40-47-12-10-9-11-13-47/h9-13,18-25,43-44,50-57,70H,14-17,26-42H2,1-8H3/t52-,53-,54-,55-,56+,57+/m0/s1. The van der Waals surface area contributed by atoms with Gasteiger partial charge in [0.25, 0.3) is 17.7 Å². The second-order valence-electron chi connectivity index (χ2n) is 25.4. The number of amides is 3. The minimum absolute atomic E-state index is 0.0273. The minimum Gasteiger partial charge on any atom is -0.458 e. The molecule has 19 nitrogen and oxygen atoms in total. The summed E-state index contributed by atoms with van der Waals surface area (Å²) in [4.78, 5) is 116. The van der Waals surface area contributed by atoms with Crippen LogP contribution in [0.4, 0.5) is 8.78 Å². The number of alkyl halides is 2. The molecule has 0 unspecified atom stereocenters. The number of ether oxygens (including phenoxy) is 7. The van der Waals surface area contributed by atoms with Gasteiger partial charge in [-0.2, -0.15) is 0 Å². The van der Waals surface area contributed by atoms with Crippen LogP contribution in [0.1, 0.15) is 144 Å². The van der Waals surface area contributed by atoms with Gasteiger partial charge < -0.3 is 53.2 Å². The first-order chi connectivity index (χ1) is 41.9. The molecule has 2 heterocycles. The van der Waals surface area contributed by atoms with Gasteiger partial charge in [-0.1, -0.05) is 105 Å². The van der Waals surface area contributed by atoms with Crippen molar-refractivity contribution in [3.05, 3.63) is 107 Å². The largest absolute Gasteiger partial charge is 0.458 e. The molecule has 3 amide bonds. The molecule has 7 rings (SSSR count). The normalized spacial score (nSPS) is 17.8. The van der Waals surface area contributed by atoms with Crippen molar-refractivity contribution in [3.8, 4) is 0 Å². The van der Waals surface area contributed by atoms with Crippen molar-refractivity contribution < 1.29 is 80.3 Å². The number of benzene rings is 3. The lowest BCUT2D eigenvalue weighted by atomic mass is 9.90. The monoisotopic (exact) mass is 1230 g/mol. The molecule has 0 bridgehead atoms. The van der Waals surface area contributed by atoms with E-state index in [0.717, 1.165) is 82.8 Å². The van der Waals surface area contributed by atoms with Crippen LogP contribution >= 0.6 is 0 Å². The van der Waals surface area contributed by atoms with Gasteiger partial charge in [0.15, 0.2) is 25.4 Å². The third kappa shape index (κ3) is 21.4. The van der Waals surface area contributed by atoms with Crippen molar-refractivity contribution >= 4 is 47.6 Å². The number of hydrogen-bond acceptors (Lipinski definition) is 16. The zero-order valence-corrected chi connectivity index (χ0v) is 52.3. The second kappa shape index (κ2) is 32.1. The molecular formula is C67H90F2N4O15. The predicted molar refractivity (Wildman–Crippen MR) is 321 cm³/mol. The molecule has 4 aliphatic rings. The number of carbonyl (C=O) groups excluding carboxylic acids is 8. The fraction of sp³-hybridized carbons (Fsp3) is 0.612. The highest BCUT2D eigenvalue weighted by molar-refractivity contribution is 5.92. The zero-order valence-electron chi connectivity index (χ0n) is 52.3. The average Bonchev–Trinajstić information content (AvgIpc) is 4.64. The number of nitrogens with one attached hydrogen (secondary N) is 1. The van der Waals surface area contributed by atoms with E-state index in [9.17, 15) is 42.7 Å². The number of hydrogen-bond donors (Lipinski definition) is 1. The van der Waals surface area contributed by atoms with Crippen LogP contribution < -0.4 is 5.32 Å². The number of rotatable bonds is 32. The van der Waals surface area contributed by atoms with Crippen molar-refractivity contribution in [2.24, 2.45) is 11.8 Å². The summed E-state index contributed by atoms with van der Waals surface area (Å²) in [5.41, 5.74) is 0.278. The van der Waals surface area contributed by atoms with Gasteiger partial charge in [-0.15, -0.1) is 0 Å². The van der Waals surface area contributed by atoms with E-state index in [1.54, 1.807) is 24.3 Å². The van der Waals surface area contributed by atoms with E-state index in [4.69, 9.17) is 33.2 Å². The summed E-state index contributed by atoms with van der Waals surface area (Å²) in [6.07, 6.45) is 2.59. The molecule has 21 heteroatoms. The smallest absolute Gasteiger partial charge is 0.344 e. The van der Waals surface area contributed by atoms with Gasteiger partial charge in [0.2, 0.25) is 0 Å². The summed E-state index contributed by atoms with van der Waals surface area (Å²) in [6.45, 7) is 5.89. The summed E-state index contributed by atoms with van der Waals surface area (Å²) >= 11 is 0. The molecule has 4 fully saturated rings. The fourth-order valence-electron chi connectivity index (χ4n) is 11.2. The van der Waals surface area contributed by atoms with Crippen LogP contribution in [0, 0.1) is 11.8 Å². The lowest BCUT2D eigenvalue weighted by Gasteiger charge is -2.33. The first-order valence-electron chi connectivity index (χ1n) is 31.0. The van der Waals surface area contributed by atoms with Crippen LogP contribution in [0.3, 0.4) is 0 Å². The molecule has 2 aliphatic carbocycles. The maximum Gasteiger partial charge on any atom is 0.344 e. The van der Waals surface area contributed by atoms with Crippen LogP contribution in [0.15, 0.2) is 78.9 Å². The summed E-state index contributed by atoms with van der Waals surface area (Å²) in [6, 6.07) is 18.8. The van der Waals surface area contributed by atoms with Gasteiger partial charge in [0.05, 0.1) is 0 Å². The Morgan fingerprint density at radius 2 is 0.955 bits per heavy atom. The quantitative estimate of drug-likeness (QED) is 0.0464. The van der Waals surface area contributed by atoms with Gasteiger partial charge in [-0.25, -0.2) is 28.0 Å². The predicted octanol–water partition coefficient (Wildman–Crippen LogP) is 7.86. The Bertz CT molecular complexity index is 2810. The first kappa shape index (κ1) is 68.6. The molecule has 6 atom stereocenters. The van der Waals surface area contributed by atoms with Crippen molar-refractivity contribution in [3.63, 3.8) is 0 Å². The zero-order chi connectivity index (χ0) is 63.7. The Balaban J connectivity index is 1.07. The fourth-order valence-corrected chi connectivity index (χ4v) is 11.2. The maximum absolute atomic E-state index is 15.9. The third-order valence-electron chi connectivity index (χ3n) is 17.0.